The predicted octanol–water partition coefficient (Wildman–Crippen LogP) is 4.31. The molecule has 1 aliphatic rings. The van der Waals surface area contributed by atoms with Crippen LogP contribution in [0, 0.1) is 0 Å². The van der Waals surface area contributed by atoms with Crippen LogP contribution in [-0.2, 0) is 4.79 Å². The Balaban J connectivity index is 2.10. The Morgan fingerprint density at radius 2 is 2.30 bits per heavy atom. The van der Waals surface area contributed by atoms with Gasteiger partial charge in [-0.3, -0.25) is 9.80 Å². The van der Waals surface area contributed by atoms with E-state index in [9.17, 15) is 4.79 Å². The molecule has 1 N–H and O–H groups in total. The lowest BCUT2D eigenvalue weighted by Crippen LogP contribution is -2.16. The first-order valence-electron chi connectivity index (χ1n) is 7.40. The Labute approximate surface area is 145 Å². The van der Waals surface area contributed by atoms with Crippen molar-refractivity contribution < 1.29 is 9.53 Å². The Kier molecular flexibility index (Phi) is 6.36. The minimum absolute atomic E-state index is 0.237. The van der Waals surface area contributed by atoms with Gasteiger partial charge in [-0.25, -0.2) is 0 Å². The molecule has 0 unspecified atom stereocenters. The van der Waals surface area contributed by atoms with Crippen LogP contribution in [0.4, 0.5) is 5.69 Å². The molecule has 0 saturated carbocycles. The normalized spacial score (nSPS) is 15.7. The number of thioether (sulfide) groups is 1. The molecule has 1 aliphatic heterocycles. The molecule has 1 aromatic carbocycles. The number of rotatable bonds is 6. The molecule has 1 amide bonds. The first-order chi connectivity index (χ1) is 11.0. The number of hydrogen-bond acceptors (Lipinski definition) is 5. The molecule has 0 saturated heterocycles. The summed E-state index contributed by atoms with van der Waals surface area (Å²) >= 11 is 7.47. The molecule has 0 aliphatic carbocycles. The molecule has 0 aromatic heterocycles. The quantitative estimate of drug-likeness (QED) is 0.774. The number of halogens is 1. The standard InChI is InChI=1S/C16H20ClN3O2S/c1-4-5-8-20-16(23-11(2)19-20)10-15(21)18-13-9-12(17)6-7-14(13)22-3/h6-7,9-10H,4-5,8H2,1-3H3,(H,18,21)/b16-10-. The molecular weight excluding hydrogens is 334 g/mol. The molecule has 1 aromatic rings. The zero-order valence-electron chi connectivity index (χ0n) is 13.4. The summed E-state index contributed by atoms with van der Waals surface area (Å²) in [5, 5.41) is 11.4. The number of unbranched alkanes of at least 4 members (excludes halogenated alkanes) is 1. The van der Waals surface area contributed by atoms with Crippen molar-refractivity contribution in [3.8, 4) is 5.75 Å². The van der Waals surface area contributed by atoms with E-state index >= 15 is 0 Å². The molecule has 0 spiro atoms. The molecular formula is C16H20ClN3O2S. The molecule has 23 heavy (non-hydrogen) atoms. The first kappa shape index (κ1) is 17.7. The average molecular weight is 354 g/mol. The maximum absolute atomic E-state index is 12.3. The highest BCUT2D eigenvalue weighted by Crippen LogP contribution is 2.31. The molecule has 7 heteroatoms. The third-order valence-electron chi connectivity index (χ3n) is 3.17. The van der Waals surface area contributed by atoms with Crippen LogP contribution in [0.5, 0.6) is 5.75 Å². The Hall–Kier alpha value is -1.66. The van der Waals surface area contributed by atoms with Crippen LogP contribution < -0.4 is 10.1 Å². The monoisotopic (exact) mass is 353 g/mol. The van der Waals surface area contributed by atoms with Crippen molar-refractivity contribution in [2.24, 2.45) is 5.10 Å². The van der Waals surface area contributed by atoms with Crippen molar-refractivity contribution in [3.05, 3.63) is 34.3 Å². The van der Waals surface area contributed by atoms with Gasteiger partial charge in [-0.2, -0.15) is 5.10 Å². The van der Waals surface area contributed by atoms with Gasteiger partial charge in [0, 0.05) is 17.6 Å². The van der Waals surface area contributed by atoms with E-state index in [1.54, 1.807) is 31.4 Å². The number of anilines is 1. The predicted molar refractivity (Wildman–Crippen MR) is 97.0 cm³/mol. The zero-order valence-corrected chi connectivity index (χ0v) is 15.0. The first-order valence-corrected chi connectivity index (χ1v) is 8.59. The number of carbonyl (C=O) groups excluding carboxylic acids is 1. The van der Waals surface area contributed by atoms with Crippen molar-refractivity contribution in [3.63, 3.8) is 0 Å². The highest BCUT2D eigenvalue weighted by Gasteiger charge is 2.19. The minimum atomic E-state index is -0.237. The second-order valence-corrected chi connectivity index (χ2v) is 6.66. The van der Waals surface area contributed by atoms with Crippen molar-refractivity contribution >= 4 is 40.0 Å². The van der Waals surface area contributed by atoms with Gasteiger partial charge < -0.3 is 10.1 Å². The second kappa shape index (κ2) is 8.26. The van der Waals surface area contributed by atoms with E-state index in [1.807, 2.05) is 11.9 Å². The van der Waals surface area contributed by atoms with Crippen LogP contribution in [0.25, 0.3) is 0 Å². The number of carbonyl (C=O) groups is 1. The number of benzene rings is 1. The van der Waals surface area contributed by atoms with E-state index in [4.69, 9.17) is 16.3 Å². The third-order valence-corrected chi connectivity index (χ3v) is 4.32. The van der Waals surface area contributed by atoms with Gasteiger partial charge in [0.2, 0.25) is 0 Å². The fourth-order valence-electron chi connectivity index (χ4n) is 2.07. The van der Waals surface area contributed by atoms with Crippen LogP contribution in [0.1, 0.15) is 26.7 Å². The van der Waals surface area contributed by atoms with Gasteiger partial charge >= 0.3 is 0 Å². The lowest BCUT2D eigenvalue weighted by molar-refractivity contribution is -0.112. The van der Waals surface area contributed by atoms with E-state index in [0.29, 0.717) is 16.5 Å². The molecule has 2 rings (SSSR count). The third kappa shape index (κ3) is 4.91. The second-order valence-electron chi connectivity index (χ2n) is 5.01. The summed E-state index contributed by atoms with van der Waals surface area (Å²) in [4.78, 5) is 12.3. The zero-order chi connectivity index (χ0) is 16.8. The highest BCUT2D eigenvalue weighted by atomic mass is 35.5. The van der Waals surface area contributed by atoms with Gasteiger partial charge in [0.1, 0.15) is 10.8 Å². The van der Waals surface area contributed by atoms with Crippen LogP contribution in [0.15, 0.2) is 34.4 Å². The molecule has 0 fully saturated rings. The Morgan fingerprint density at radius 3 is 3.00 bits per heavy atom. The van der Waals surface area contributed by atoms with E-state index in [2.05, 4.69) is 17.3 Å². The fraction of sp³-hybridized carbons (Fsp3) is 0.375. The molecule has 124 valence electrons. The smallest absolute Gasteiger partial charge is 0.251 e. The van der Waals surface area contributed by atoms with E-state index in [1.165, 1.54) is 11.8 Å². The summed E-state index contributed by atoms with van der Waals surface area (Å²) in [5.41, 5.74) is 0.544. The maximum atomic E-state index is 12.3. The van der Waals surface area contributed by atoms with Gasteiger partial charge in [-0.05, 0) is 31.5 Å². The summed E-state index contributed by atoms with van der Waals surface area (Å²) < 4.78 is 5.23. The number of amides is 1. The van der Waals surface area contributed by atoms with Gasteiger partial charge in [0.05, 0.1) is 17.8 Å². The number of nitrogens with one attached hydrogen (secondary N) is 1. The number of methoxy groups -OCH3 is 1. The van der Waals surface area contributed by atoms with Gasteiger partial charge in [-0.1, -0.05) is 36.7 Å². The molecule has 1 heterocycles. The average Bonchev–Trinajstić information content (AvgIpc) is 2.84. The van der Waals surface area contributed by atoms with Crippen molar-refractivity contribution in [1.29, 1.82) is 0 Å². The molecule has 0 bridgehead atoms. The number of nitrogens with zero attached hydrogens (tertiary/aromatic N) is 2. The summed E-state index contributed by atoms with van der Waals surface area (Å²) in [5.74, 6) is 0.329. The van der Waals surface area contributed by atoms with Crippen LogP contribution in [-0.4, -0.2) is 29.6 Å². The fourth-order valence-corrected chi connectivity index (χ4v) is 3.09. The SMILES string of the molecule is CCCCN1N=C(C)S/C1=C\C(=O)Nc1cc(Cl)ccc1OC. The molecule has 5 nitrogen and oxygen atoms in total. The number of hydrazone groups is 1. The maximum Gasteiger partial charge on any atom is 0.251 e. The van der Waals surface area contributed by atoms with E-state index in [-0.39, 0.29) is 5.91 Å². The van der Waals surface area contributed by atoms with Crippen LogP contribution in [0.3, 0.4) is 0 Å². The summed E-state index contributed by atoms with van der Waals surface area (Å²) in [6.45, 7) is 4.87. The number of ether oxygens (including phenoxy) is 1. The van der Waals surface area contributed by atoms with Crippen molar-refractivity contribution in [2.45, 2.75) is 26.7 Å². The lowest BCUT2D eigenvalue weighted by Gasteiger charge is -2.15. The molecule has 0 atom stereocenters. The van der Waals surface area contributed by atoms with Gasteiger partial charge in [0.15, 0.2) is 0 Å². The molecule has 0 radical (unpaired) electrons. The van der Waals surface area contributed by atoms with Crippen LogP contribution >= 0.6 is 23.4 Å². The van der Waals surface area contributed by atoms with Crippen LogP contribution in [0.2, 0.25) is 5.02 Å². The van der Waals surface area contributed by atoms with Gasteiger partial charge in [0.25, 0.3) is 5.91 Å². The summed E-state index contributed by atoms with van der Waals surface area (Å²) in [7, 11) is 1.55. The van der Waals surface area contributed by atoms with Gasteiger partial charge in [-0.15, -0.1) is 0 Å². The summed E-state index contributed by atoms with van der Waals surface area (Å²) in [6.07, 6.45) is 3.66. The lowest BCUT2D eigenvalue weighted by atomic mass is 10.3. The highest BCUT2D eigenvalue weighted by molar-refractivity contribution is 8.17. The number of hydrogen-bond donors (Lipinski definition) is 1. The van der Waals surface area contributed by atoms with E-state index < -0.39 is 0 Å². The Morgan fingerprint density at radius 1 is 1.52 bits per heavy atom. The summed E-state index contributed by atoms with van der Waals surface area (Å²) in [6, 6.07) is 5.09. The largest absolute Gasteiger partial charge is 0.495 e. The Bertz CT molecular complexity index is 646. The van der Waals surface area contributed by atoms with E-state index in [0.717, 1.165) is 29.5 Å². The minimum Gasteiger partial charge on any atom is -0.495 e. The van der Waals surface area contributed by atoms with Crippen molar-refractivity contribution in [2.75, 3.05) is 19.0 Å². The topological polar surface area (TPSA) is 53.9 Å². The van der Waals surface area contributed by atoms with Crippen molar-refractivity contribution in [1.82, 2.24) is 5.01 Å².